The Morgan fingerprint density at radius 3 is 2.52 bits per heavy atom. The van der Waals surface area contributed by atoms with Crippen molar-refractivity contribution < 1.29 is 14.4 Å². The summed E-state index contributed by atoms with van der Waals surface area (Å²) in [6, 6.07) is 6.81. The van der Waals surface area contributed by atoms with Crippen LogP contribution in [-0.4, -0.2) is 55.3 Å². The van der Waals surface area contributed by atoms with Crippen molar-refractivity contribution in [1.29, 1.82) is 0 Å². The average molecular weight is 344 g/mol. The van der Waals surface area contributed by atoms with E-state index in [0.29, 0.717) is 18.7 Å². The number of rotatable bonds is 4. The number of nitrogens with one attached hydrogen (secondary N) is 1. The molecule has 7 nitrogen and oxygen atoms in total. The zero-order valence-corrected chi connectivity index (χ0v) is 14.4. The van der Waals surface area contributed by atoms with Crippen molar-refractivity contribution in [2.75, 3.05) is 31.6 Å². The van der Waals surface area contributed by atoms with Gasteiger partial charge in [0, 0.05) is 30.4 Å². The number of hydrogen-bond donors (Lipinski definition) is 2. The molecule has 2 atom stereocenters. The van der Waals surface area contributed by atoms with Crippen LogP contribution in [0.4, 0.5) is 5.69 Å². The van der Waals surface area contributed by atoms with Crippen molar-refractivity contribution in [3.63, 3.8) is 0 Å². The predicted octanol–water partition coefficient (Wildman–Crippen LogP) is 0.349. The van der Waals surface area contributed by atoms with Crippen LogP contribution < -0.4 is 16.0 Å². The minimum atomic E-state index is -0.355. The molecule has 25 heavy (non-hydrogen) atoms. The van der Waals surface area contributed by atoms with Crippen LogP contribution in [0.5, 0.6) is 0 Å². The molecule has 3 amide bonds. The summed E-state index contributed by atoms with van der Waals surface area (Å²) in [5.74, 6) is -0.798. The van der Waals surface area contributed by atoms with Crippen LogP contribution in [0.2, 0.25) is 0 Å². The normalized spacial score (nSPS) is 24.4. The Kier molecular flexibility index (Phi) is 5.03. The molecule has 0 radical (unpaired) electrons. The quantitative estimate of drug-likeness (QED) is 0.824. The first-order valence-corrected chi connectivity index (χ1v) is 8.65. The Labute approximate surface area is 147 Å². The third-order valence-electron chi connectivity index (χ3n) is 5.05. The molecular weight excluding hydrogens is 320 g/mol. The highest BCUT2D eigenvalue weighted by atomic mass is 16.2. The lowest BCUT2D eigenvalue weighted by molar-refractivity contribution is -0.122. The largest absolute Gasteiger partial charge is 0.369 e. The second kappa shape index (κ2) is 7.23. The summed E-state index contributed by atoms with van der Waals surface area (Å²) < 4.78 is 0. The van der Waals surface area contributed by atoms with E-state index in [-0.39, 0.29) is 29.7 Å². The van der Waals surface area contributed by atoms with Gasteiger partial charge in [0.15, 0.2) is 0 Å². The van der Waals surface area contributed by atoms with Gasteiger partial charge in [-0.2, -0.15) is 0 Å². The van der Waals surface area contributed by atoms with Gasteiger partial charge >= 0.3 is 0 Å². The number of primary amides is 1. The second-order valence-corrected chi connectivity index (χ2v) is 6.85. The Morgan fingerprint density at radius 1 is 1.16 bits per heavy atom. The monoisotopic (exact) mass is 344 g/mol. The molecular formula is C18H24N4O3. The van der Waals surface area contributed by atoms with Gasteiger partial charge in [-0.3, -0.25) is 19.3 Å². The smallest absolute Gasteiger partial charge is 0.251 e. The van der Waals surface area contributed by atoms with E-state index in [1.807, 2.05) is 11.9 Å². The standard InChI is InChI=1S/C18H24N4O3/c1-21-9-10-22(16(23)11-21)13-7-5-12(6-8-13)18(25)20-15-4-2-3-14(15)17(19)24/h5-8,14-15H,2-4,9-11H2,1H3,(H2,19,24)(H,20,25). The third-order valence-corrected chi connectivity index (χ3v) is 5.05. The van der Waals surface area contributed by atoms with E-state index in [1.54, 1.807) is 29.2 Å². The zero-order valence-electron chi connectivity index (χ0n) is 14.4. The molecule has 0 spiro atoms. The average Bonchev–Trinajstić information content (AvgIpc) is 3.03. The minimum absolute atomic E-state index is 0.0567. The van der Waals surface area contributed by atoms with Crippen LogP contribution >= 0.6 is 0 Å². The van der Waals surface area contributed by atoms with Crippen LogP contribution in [0.15, 0.2) is 24.3 Å². The third kappa shape index (κ3) is 3.82. The summed E-state index contributed by atoms with van der Waals surface area (Å²) >= 11 is 0. The molecule has 3 N–H and O–H groups in total. The molecule has 134 valence electrons. The molecule has 2 unspecified atom stereocenters. The SMILES string of the molecule is CN1CCN(c2ccc(C(=O)NC3CCCC3C(N)=O)cc2)C(=O)C1. The first-order chi connectivity index (χ1) is 12.0. The van der Waals surface area contributed by atoms with Gasteiger partial charge in [0.1, 0.15) is 0 Å². The maximum Gasteiger partial charge on any atom is 0.251 e. The van der Waals surface area contributed by atoms with Crippen molar-refractivity contribution in [1.82, 2.24) is 10.2 Å². The maximum absolute atomic E-state index is 12.4. The van der Waals surface area contributed by atoms with Crippen LogP contribution in [0.25, 0.3) is 0 Å². The Morgan fingerprint density at radius 2 is 1.88 bits per heavy atom. The first-order valence-electron chi connectivity index (χ1n) is 8.65. The number of nitrogens with two attached hydrogens (primary N) is 1. The number of carbonyl (C=O) groups excluding carboxylic acids is 3. The molecule has 1 aromatic carbocycles. The highest BCUT2D eigenvalue weighted by Crippen LogP contribution is 2.26. The van der Waals surface area contributed by atoms with Crippen LogP contribution in [0.3, 0.4) is 0 Å². The lowest BCUT2D eigenvalue weighted by Gasteiger charge is -2.32. The van der Waals surface area contributed by atoms with E-state index in [1.165, 1.54) is 0 Å². The highest BCUT2D eigenvalue weighted by molar-refractivity contribution is 5.98. The molecule has 1 aromatic rings. The predicted molar refractivity (Wildman–Crippen MR) is 94.1 cm³/mol. The number of nitrogens with zero attached hydrogens (tertiary/aromatic N) is 2. The van der Waals surface area contributed by atoms with Gasteiger partial charge < -0.3 is 16.0 Å². The molecule has 1 aliphatic carbocycles. The van der Waals surface area contributed by atoms with Crippen LogP contribution in [-0.2, 0) is 9.59 Å². The van der Waals surface area contributed by atoms with Gasteiger partial charge in [-0.05, 0) is 44.2 Å². The van der Waals surface area contributed by atoms with E-state index < -0.39 is 0 Å². The fraction of sp³-hybridized carbons (Fsp3) is 0.500. The minimum Gasteiger partial charge on any atom is -0.369 e. The Bertz CT molecular complexity index is 673. The van der Waals surface area contributed by atoms with E-state index in [9.17, 15) is 14.4 Å². The maximum atomic E-state index is 12.4. The van der Waals surface area contributed by atoms with E-state index in [4.69, 9.17) is 5.73 Å². The summed E-state index contributed by atoms with van der Waals surface area (Å²) in [7, 11) is 1.92. The Hall–Kier alpha value is -2.41. The summed E-state index contributed by atoms with van der Waals surface area (Å²) in [5, 5.41) is 2.91. The van der Waals surface area contributed by atoms with Gasteiger partial charge in [0.25, 0.3) is 5.91 Å². The summed E-state index contributed by atoms with van der Waals surface area (Å²) in [4.78, 5) is 39.7. The van der Waals surface area contributed by atoms with Crippen molar-refractivity contribution in [3.05, 3.63) is 29.8 Å². The molecule has 3 rings (SSSR count). The number of amides is 3. The van der Waals surface area contributed by atoms with Crippen molar-refractivity contribution in [2.24, 2.45) is 11.7 Å². The number of hydrogen-bond acceptors (Lipinski definition) is 4. The molecule has 0 bridgehead atoms. The van der Waals surface area contributed by atoms with Gasteiger partial charge in [-0.1, -0.05) is 6.42 Å². The number of likely N-dealkylation sites (N-methyl/N-ethyl adjacent to an activating group) is 1. The zero-order chi connectivity index (χ0) is 18.0. The number of piperazine rings is 1. The summed E-state index contributed by atoms with van der Waals surface area (Å²) in [6.45, 7) is 1.87. The molecule has 1 heterocycles. The van der Waals surface area contributed by atoms with Gasteiger partial charge in [-0.15, -0.1) is 0 Å². The number of anilines is 1. The fourth-order valence-corrected chi connectivity index (χ4v) is 3.58. The molecule has 7 heteroatoms. The number of carbonyl (C=O) groups is 3. The fourth-order valence-electron chi connectivity index (χ4n) is 3.58. The van der Waals surface area contributed by atoms with Crippen molar-refractivity contribution >= 4 is 23.4 Å². The lowest BCUT2D eigenvalue weighted by Crippen LogP contribution is -2.48. The Balaban J connectivity index is 1.65. The van der Waals surface area contributed by atoms with Crippen LogP contribution in [0.1, 0.15) is 29.6 Å². The van der Waals surface area contributed by atoms with E-state index in [0.717, 1.165) is 31.5 Å². The molecule has 1 aliphatic heterocycles. The van der Waals surface area contributed by atoms with Crippen molar-refractivity contribution in [2.45, 2.75) is 25.3 Å². The molecule has 2 aliphatic rings. The van der Waals surface area contributed by atoms with Gasteiger partial charge in [0.2, 0.25) is 11.8 Å². The lowest BCUT2D eigenvalue weighted by atomic mass is 10.0. The first kappa shape index (κ1) is 17.4. The van der Waals surface area contributed by atoms with E-state index >= 15 is 0 Å². The summed E-state index contributed by atoms with van der Waals surface area (Å²) in [5.41, 5.74) is 6.71. The van der Waals surface area contributed by atoms with Gasteiger partial charge in [-0.25, -0.2) is 0 Å². The highest BCUT2D eigenvalue weighted by Gasteiger charge is 2.32. The molecule has 2 fully saturated rings. The summed E-state index contributed by atoms with van der Waals surface area (Å²) in [6.07, 6.45) is 2.39. The van der Waals surface area contributed by atoms with Crippen molar-refractivity contribution in [3.8, 4) is 0 Å². The van der Waals surface area contributed by atoms with E-state index in [2.05, 4.69) is 5.32 Å². The number of benzene rings is 1. The molecule has 1 saturated carbocycles. The molecule has 1 saturated heterocycles. The topological polar surface area (TPSA) is 95.7 Å². The van der Waals surface area contributed by atoms with Gasteiger partial charge in [0.05, 0.1) is 12.5 Å². The second-order valence-electron chi connectivity index (χ2n) is 6.85. The van der Waals surface area contributed by atoms with Crippen LogP contribution in [0, 0.1) is 5.92 Å². The molecule has 0 aromatic heterocycles.